The lowest BCUT2D eigenvalue weighted by molar-refractivity contribution is 0.0921. The molecule has 8 heteroatoms. The molecule has 1 aliphatic rings. The van der Waals surface area contributed by atoms with Crippen LogP contribution in [0.4, 0.5) is 5.82 Å². The van der Waals surface area contributed by atoms with Crippen molar-refractivity contribution in [3.05, 3.63) is 47.0 Å². The van der Waals surface area contributed by atoms with Crippen LogP contribution in [-0.2, 0) is 7.05 Å². The number of carbonyl (C=O) groups is 1. The van der Waals surface area contributed by atoms with Gasteiger partial charge < -0.3 is 10.2 Å². The lowest BCUT2D eigenvalue weighted by Gasteiger charge is -2.33. The van der Waals surface area contributed by atoms with E-state index in [1.165, 1.54) is 0 Å². The highest BCUT2D eigenvalue weighted by molar-refractivity contribution is 9.10. The minimum atomic E-state index is -0.0696. The molecule has 4 rings (SSSR count). The molecule has 7 nitrogen and oxygen atoms in total. The second kappa shape index (κ2) is 7.03. The van der Waals surface area contributed by atoms with Gasteiger partial charge in [0.1, 0.15) is 17.8 Å². The number of aromatic nitrogens is 4. The summed E-state index contributed by atoms with van der Waals surface area (Å²) in [6.45, 7) is 1.68. The van der Waals surface area contributed by atoms with Crippen molar-refractivity contribution in [2.75, 3.05) is 18.0 Å². The number of hydrogen-bond acceptors (Lipinski definition) is 5. The number of aryl methyl sites for hydroxylation is 1. The van der Waals surface area contributed by atoms with E-state index < -0.39 is 0 Å². The zero-order chi connectivity index (χ0) is 18.1. The summed E-state index contributed by atoms with van der Waals surface area (Å²) in [5, 5.41) is 8.20. The third-order valence-corrected chi connectivity index (χ3v) is 5.25. The van der Waals surface area contributed by atoms with Crippen molar-refractivity contribution in [2.24, 2.45) is 7.05 Å². The topological polar surface area (TPSA) is 75.9 Å². The van der Waals surface area contributed by atoms with E-state index in [9.17, 15) is 4.79 Å². The first-order valence-corrected chi connectivity index (χ1v) is 9.35. The van der Waals surface area contributed by atoms with Crippen molar-refractivity contribution in [3.63, 3.8) is 0 Å². The van der Waals surface area contributed by atoms with Crippen molar-refractivity contribution in [1.82, 2.24) is 25.1 Å². The maximum atomic E-state index is 12.3. The van der Waals surface area contributed by atoms with Crippen LogP contribution in [0.25, 0.3) is 10.9 Å². The standard InChI is InChI=1S/C18H19BrN6O/c1-24-16(4-7-22-24)18(26)23-13-5-8-25(9-6-13)17-14-10-12(19)2-3-15(14)20-11-21-17/h2-4,7,10-11,13H,5-6,8-9H2,1H3,(H,23,26). The molecule has 1 saturated heterocycles. The first kappa shape index (κ1) is 17.0. The van der Waals surface area contributed by atoms with Gasteiger partial charge in [-0.2, -0.15) is 5.10 Å². The van der Waals surface area contributed by atoms with Crippen LogP contribution >= 0.6 is 15.9 Å². The largest absolute Gasteiger partial charge is 0.356 e. The molecule has 0 unspecified atom stereocenters. The van der Waals surface area contributed by atoms with Crippen molar-refractivity contribution in [2.45, 2.75) is 18.9 Å². The first-order chi connectivity index (χ1) is 12.6. The minimum absolute atomic E-state index is 0.0696. The average Bonchev–Trinajstić information content (AvgIpc) is 3.08. The molecular weight excluding hydrogens is 396 g/mol. The quantitative estimate of drug-likeness (QED) is 0.712. The Kier molecular flexibility index (Phi) is 4.58. The summed E-state index contributed by atoms with van der Waals surface area (Å²) in [6, 6.07) is 7.93. The molecule has 0 spiro atoms. The Morgan fingerprint density at radius 3 is 2.77 bits per heavy atom. The maximum Gasteiger partial charge on any atom is 0.269 e. The van der Waals surface area contributed by atoms with Crippen LogP contribution in [0.1, 0.15) is 23.3 Å². The van der Waals surface area contributed by atoms with E-state index in [1.54, 1.807) is 30.3 Å². The predicted molar refractivity (Wildman–Crippen MR) is 103 cm³/mol. The summed E-state index contributed by atoms with van der Waals surface area (Å²) >= 11 is 3.52. The fourth-order valence-electron chi connectivity index (χ4n) is 3.36. The van der Waals surface area contributed by atoms with E-state index in [0.717, 1.165) is 47.1 Å². The minimum Gasteiger partial charge on any atom is -0.356 e. The van der Waals surface area contributed by atoms with Crippen molar-refractivity contribution >= 4 is 38.6 Å². The van der Waals surface area contributed by atoms with Gasteiger partial charge in [0.25, 0.3) is 5.91 Å². The van der Waals surface area contributed by atoms with Gasteiger partial charge in [0.15, 0.2) is 0 Å². The van der Waals surface area contributed by atoms with Gasteiger partial charge in [-0.05, 0) is 37.1 Å². The van der Waals surface area contributed by atoms with Crippen LogP contribution < -0.4 is 10.2 Å². The number of amides is 1. The number of anilines is 1. The van der Waals surface area contributed by atoms with E-state index in [2.05, 4.69) is 47.3 Å². The number of nitrogens with one attached hydrogen (secondary N) is 1. The van der Waals surface area contributed by atoms with Gasteiger partial charge in [-0.3, -0.25) is 9.48 Å². The zero-order valence-corrected chi connectivity index (χ0v) is 16.0. The molecule has 1 aliphatic heterocycles. The highest BCUT2D eigenvalue weighted by Gasteiger charge is 2.24. The van der Waals surface area contributed by atoms with E-state index in [-0.39, 0.29) is 11.9 Å². The third-order valence-electron chi connectivity index (χ3n) is 4.76. The van der Waals surface area contributed by atoms with Crippen LogP contribution in [-0.4, -0.2) is 44.8 Å². The Morgan fingerprint density at radius 2 is 2.04 bits per heavy atom. The number of rotatable bonds is 3. The van der Waals surface area contributed by atoms with E-state index in [1.807, 2.05) is 12.1 Å². The number of carbonyl (C=O) groups excluding carboxylic acids is 1. The molecule has 1 fully saturated rings. The van der Waals surface area contributed by atoms with Gasteiger partial charge >= 0.3 is 0 Å². The summed E-state index contributed by atoms with van der Waals surface area (Å²) in [7, 11) is 1.77. The fourth-order valence-corrected chi connectivity index (χ4v) is 3.72. The number of nitrogens with zero attached hydrogens (tertiary/aromatic N) is 5. The number of fused-ring (bicyclic) bond motifs is 1. The van der Waals surface area contributed by atoms with E-state index in [0.29, 0.717) is 5.69 Å². The highest BCUT2D eigenvalue weighted by atomic mass is 79.9. The first-order valence-electron chi connectivity index (χ1n) is 8.56. The zero-order valence-electron chi connectivity index (χ0n) is 14.4. The van der Waals surface area contributed by atoms with Gasteiger partial charge in [-0.25, -0.2) is 9.97 Å². The summed E-state index contributed by atoms with van der Waals surface area (Å²) in [5.74, 6) is 0.882. The Bertz CT molecular complexity index is 948. The van der Waals surface area contributed by atoms with Crippen molar-refractivity contribution in [1.29, 1.82) is 0 Å². The molecule has 134 valence electrons. The van der Waals surface area contributed by atoms with Crippen molar-refractivity contribution < 1.29 is 4.79 Å². The predicted octanol–water partition coefficient (Wildman–Crippen LogP) is 2.52. The Labute approximate surface area is 159 Å². The molecule has 0 aliphatic carbocycles. The van der Waals surface area contributed by atoms with Gasteiger partial charge in [0.05, 0.1) is 5.52 Å². The number of hydrogen-bond donors (Lipinski definition) is 1. The van der Waals surface area contributed by atoms with Crippen molar-refractivity contribution in [3.8, 4) is 0 Å². The number of piperidine rings is 1. The van der Waals surface area contributed by atoms with E-state index in [4.69, 9.17) is 0 Å². The molecule has 1 aromatic carbocycles. The molecule has 0 bridgehead atoms. The monoisotopic (exact) mass is 414 g/mol. The lowest BCUT2D eigenvalue weighted by atomic mass is 10.0. The lowest BCUT2D eigenvalue weighted by Crippen LogP contribution is -2.45. The van der Waals surface area contributed by atoms with Crippen LogP contribution in [0, 0.1) is 0 Å². The molecular formula is C18H19BrN6O. The Morgan fingerprint density at radius 1 is 1.23 bits per heavy atom. The molecule has 26 heavy (non-hydrogen) atoms. The SMILES string of the molecule is Cn1nccc1C(=O)NC1CCN(c2ncnc3ccc(Br)cc23)CC1. The normalized spacial score (nSPS) is 15.4. The maximum absolute atomic E-state index is 12.3. The molecule has 0 atom stereocenters. The second-order valence-electron chi connectivity index (χ2n) is 6.43. The van der Waals surface area contributed by atoms with Gasteiger partial charge in [-0.15, -0.1) is 0 Å². The van der Waals surface area contributed by atoms with Crippen LogP contribution in [0.5, 0.6) is 0 Å². The average molecular weight is 415 g/mol. The van der Waals surface area contributed by atoms with Gasteiger partial charge in [-0.1, -0.05) is 15.9 Å². The number of benzene rings is 1. The Hall–Kier alpha value is -2.48. The van der Waals surface area contributed by atoms with E-state index >= 15 is 0 Å². The molecule has 1 N–H and O–H groups in total. The summed E-state index contributed by atoms with van der Waals surface area (Å²) < 4.78 is 2.61. The summed E-state index contributed by atoms with van der Waals surface area (Å²) in [6.07, 6.45) is 5.00. The fraction of sp³-hybridized carbons (Fsp3) is 0.333. The van der Waals surface area contributed by atoms with Crippen LogP contribution in [0.15, 0.2) is 41.3 Å². The third kappa shape index (κ3) is 3.29. The molecule has 0 saturated carbocycles. The van der Waals surface area contributed by atoms with Crippen LogP contribution in [0.2, 0.25) is 0 Å². The Balaban J connectivity index is 1.45. The summed E-state index contributed by atoms with van der Waals surface area (Å²) in [5.41, 5.74) is 1.52. The highest BCUT2D eigenvalue weighted by Crippen LogP contribution is 2.28. The van der Waals surface area contributed by atoms with Gasteiger partial charge in [0.2, 0.25) is 0 Å². The van der Waals surface area contributed by atoms with Crippen LogP contribution in [0.3, 0.4) is 0 Å². The molecule has 0 radical (unpaired) electrons. The second-order valence-corrected chi connectivity index (χ2v) is 7.35. The molecule has 3 heterocycles. The van der Waals surface area contributed by atoms with Gasteiger partial charge in [0, 0.05) is 42.2 Å². The molecule has 1 amide bonds. The number of halogens is 1. The summed E-state index contributed by atoms with van der Waals surface area (Å²) in [4.78, 5) is 23.5. The smallest absolute Gasteiger partial charge is 0.269 e. The molecule has 2 aromatic heterocycles. The molecule has 3 aromatic rings.